The van der Waals surface area contributed by atoms with Gasteiger partial charge in [0.05, 0.1) is 22.6 Å². The Morgan fingerprint density at radius 3 is 2.43 bits per heavy atom. The number of fused-ring (bicyclic) bond motifs is 1. The number of nitrogens with zero attached hydrogens (tertiary/aromatic N) is 1. The fourth-order valence-corrected chi connectivity index (χ4v) is 6.25. The Kier molecular flexibility index (Phi) is 10.1. The molecule has 3 N–H and O–H groups in total. The van der Waals surface area contributed by atoms with Crippen LogP contribution in [0, 0.1) is 0 Å². The number of carbonyl (C=O) groups excluding carboxylic acids is 3. The van der Waals surface area contributed by atoms with E-state index in [4.69, 9.17) is 4.74 Å². The molecule has 222 valence electrons. The summed E-state index contributed by atoms with van der Waals surface area (Å²) in [4.78, 5) is 44.4. The molecule has 0 fully saturated rings. The van der Waals surface area contributed by atoms with Gasteiger partial charge < -0.3 is 20.7 Å². The van der Waals surface area contributed by atoms with E-state index in [9.17, 15) is 14.4 Å². The van der Waals surface area contributed by atoms with Crippen LogP contribution >= 0.6 is 39.0 Å². The van der Waals surface area contributed by atoms with Crippen molar-refractivity contribution < 1.29 is 19.1 Å². The zero-order valence-corrected chi connectivity index (χ0v) is 26.9. The lowest BCUT2D eigenvalue weighted by Crippen LogP contribution is -2.30. The Balaban J connectivity index is 1.23. The van der Waals surface area contributed by atoms with Crippen LogP contribution < -0.4 is 20.7 Å². The van der Waals surface area contributed by atoms with Crippen molar-refractivity contribution in [2.75, 3.05) is 17.7 Å². The molecule has 0 aliphatic carbocycles. The molecule has 3 amide bonds. The van der Waals surface area contributed by atoms with Gasteiger partial charge >= 0.3 is 0 Å². The highest BCUT2D eigenvalue weighted by atomic mass is 79.9. The SMILES string of the molecule is COc1ccc2nc(NC(=O)C(C)Sc3ccc(NC(=O)/C(=C/c4cccc(Br)c4)NC(=O)c4ccccc4)cc3)sc2c1. The van der Waals surface area contributed by atoms with Crippen molar-refractivity contribution in [1.29, 1.82) is 0 Å². The van der Waals surface area contributed by atoms with Gasteiger partial charge in [0, 0.05) is 20.6 Å². The lowest BCUT2D eigenvalue weighted by atomic mass is 10.1. The minimum Gasteiger partial charge on any atom is -0.497 e. The summed E-state index contributed by atoms with van der Waals surface area (Å²) in [5, 5.41) is 8.61. The van der Waals surface area contributed by atoms with Gasteiger partial charge in [-0.1, -0.05) is 57.6 Å². The van der Waals surface area contributed by atoms with Crippen LogP contribution in [0.3, 0.4) is 0 Å². The molecule has 1 atom stereocenters. The van der Waals surface area contributed by atoms with Crippen molar-refractivity contribution in [2.45, 2.75) is 17.1 Å². The summed E-state index contributed by atoms with van der Waals surface area (Å²) in [6.07, 6.45) is 1.62. The quantitative estimate of drug-likeness (QED) is 0.103. The summed E-state index contributed by atoms with van der Waals surface area (Å²) in [5.41, 5.74) is 2.59. The molecule has 5 aromatic rings. The van der Waals surface area contributed by atoms with Crippen molar-refractivity contribution in [3.8, 4) is 5.75 Å². The van der Waals surface area contributed by atoms with Crippen molar-refractivity contribution >= 4 is 83.9 Å². The number of thiazole rings is 1. The van der Waals surface area contributed by atoms with E-state index < -0.39 is 17.1 Å². The van der Waals surface area contributed by atoms with Crippen LogP contribution in [-0.2, 0) is 9.59 Å². The number of anilines is 2. The fraction of sp³-hybridized carbons (Fsp3) is 0.0909. The first-order valence-corrected chi connectivity index (χ1v) is 15.9. The minimum atomic E-state index is -0.476. The molecule has 0 radical (unpaired) electrons. The highest BCUT2D eigenvalue weighted by molar-refractivity contribution is 9.10. The highest BCUT2D eigenvalue weighted by Crippen LogP contribution is 2.31. The van der Waals surface area contributed by atoms with E-state index in [1.807, 2.05) is 67.6 Å². The molecule has 0 aliphatic rings. The summed E-state index contributed by atoms with van der Waals surface area (Å²) in [6, 6.07) is 28.8. The number of benzene rings is 4. The second-order valence-corrected chi connectivity index (χ2v) is 12.9. The molecule has 0 spiro atoms. The first-order valence-electron chi connectivity index (χ1n) is 13.4. The van der Waals surface area contributed by atoms with Gasteiger partial charge in [0.2, 0.25) is 5.91 Å². The molecule has 0 aliphatic heterocycles. The third-order valence-electron chi connectivity index (χ3n) is 6.31. The van der Waals surface area contributed by atoms with E-state index in [1.54, 1.807) is 49.6 Å². The van der Waals surface area contributed by atoms with Crippen LogP contribution in [0.5, 0.6) is 5.75 Å². The topological polar surface area (TPSA) is 109 Å². The summed E-state index contributed by atoms with van der Waals surface area (Å²) >= 11 is 6.21. The molecule has 1 aromatic heterocycles. The van der Waals surface area contributed by atoms with E-state index in [2.05, 4.69) is 36.9 Å². The van der Waals surface area contributed by atoms with Crippen LogP contribution in [-0.4, -0.2) is 35.1 Å². The van der Waals surface area contributed by atoms with Crippen LogP contribution in [0.25, 0.3) is 16.3 Å². The first kappa shape index (κ1) is 31.0. The second-order valence-electron chi connectivity index (χ2n) is 9.51. The fourth-order valence-electron chi connectivity index (χ4n) is 4.07. The Bertz CT molecular complexity index is 1840. The van der Waals surface area contributed by atoms with Crippen molar-refractivity contribution in [3.63, 3.8) is 0 Å². The highest BCUT2D eigenvalue weighted by Gasteiger charge is 2.18. The normalized spacial score (nSPS) is 11.9. The molecule has 11 heteroatoms. The lowest BCUT2D eigenvalue weighted by Gasteiger charge is -2.13. The van der Waals surface area contributed by atoms with Crippen molar-refractivity contribution in [2.24, 2.45) is 0 Å². The van der Waals surface area contributed by atoms with Crippen LogP contribution in [0.4, 0.5) is 10.8 Å². The summed E-state index contributed by atoms with van der Waals surface area (Å²) in [7, 11) is 1.61. The zero-order chi connectivity index (χ0) is 31.1. The number of aromatic nitrogens is 1. The van der Waals surface area contributed by atoms with Gasteiger partial charge in [-0.25, -0.2) is 4.98 Å². The van der Waals surface area contributed by atoms with Crippen molar-refractivity contribution in [3.05, 3.63) is 118 Å². The Morgan fingerprint density at radius 1 is 0.932 bits per heavy atom. The number of halogens is 1. The van der Waals surface area contributed by atoms with Gasteiger partial charge in [-0.3, -0.25) is 14.4 Å². The summed E-state index contributed by atoms with van der Waals surface area (Å²) < 4.78 is 7.03. The molecule has 1 heterocycles. The molecule has 1 unspecified atom stereocenters. The third-order valence-corrected chi connectivity index (χ3v) is 8.85. The third kappa shape index (κ3) is 8.13. The molecule has 8 nitrogen and oxygen atoms in total. The number of hydrogen-bond acceptors (Lipinski definition) is 7. The monoisotopic (exact) mass is 686 g/mol. The molecular formula is C33H27BrN4O4S2. The predicted molar refractivity (Wildman–Crippen MR) is 181 cm³/mol. The second kappa shape index (κ2) is 14.3. The van der Waals surface area contributed by atoms with E-state index in [-0.39, 0.29) is 11.6 Å². The summed E-state index contributed by atoms with van der Waals surface area (Å²) in [5.74, 6) is -0.312. The summed E-state index contributed by atoms with van der Waals surface area (Å²) in [6.45, 7) is 1.82. The minimum absolute atomic E-state index is 0.0917. The molecule has 0 saturated heterocycles. The molecule has 4 aromatic carbocycles. The first-order chi connectivity index (χ1) is 21.3. The maximum absolute atomic E-state index is 13.3. The van der Waals surface area contributed by atoms with Gasteiger partial charge in [0.15, 0.2) is 5.13 Å². The van der Waals surface area contributed by atoms with Crippen LogP contribution in [0.1, 0.15) is 22.8 Å². The standard InChI is InChI=1S/C33H27BrN4O4S2/c1-20(30(39)38-33-37-27-16-13-25(42-2)19-29(27)44-33)43-26-14-11-24(12-15-26)35-32(41)28(18-21-7-6-10-23(34)17-21)36-31(40)22-8-4-3-5-9-22/h3-20H,1-2H3,(H,35,41)(H,36,40)(H,37,38,39)/b28-18-. The average molecular weight is 688 g/mol. The number of thioether (sulfide) groups is 1. The van der Waals surface area contributed by atoms with Gasteiger partial charge in [-0.2, -0.15) is 0 Å². The van der Waals surface area contributed by atoms with E-state index in [0.29, 0.717) is 16.4 Å². The van der Waals surface area contributed by atoms with Gasteiger partial charge in [-0.05, 0) is 85.3 Å². The Labute approximate surface area is 271 Å². The van der Waals surface area contributed by atoms with E-state index in [0.717, 1.165) is 30.9 Å². The zero-order valence-electron chi connectivity index (χ0n) is 23.7. The number of amides is 3. The molecule has 5 rings (SSSR count). The van der Waals surface area contributed by atoms with Crippen LogP contribution in [0.2, 0.25) is 0 Å². The lowest BCUT2D eigenvalue weighted by molar-refractivity contribution is -0.115. The number of carbonyl (C=O) groups is 3. The smallest absolute Gasteiger partial charge is 0.272 e. The molecular weight excluding hydrogens is 660 g/mol. The predicted octanol–water partition coefficient (Wildman–Crippen LogP) is 7.60. The maximum Gasteiger partial charge on any atom is 0.272 e. The van der Waals surface area contributed by atoms with Crippen LogP contribution in [0.15, 0.2) is 112 Å². The number of rotatable bonds is 10. The number of ether oxygens (including phenoxy) is 1. The number of methoxy groups -OCH3 is 1. The molecule has 0 saturated carbocycles. The van der Waals surface area contributed by atoms with E-state index in [1.165, 1.54) is 23.1 Å². The van der Waals surface area contributed by atoms with E-state index >= 15 is 0 Å². The molecule has 0 bridgehead atoms. The number of hydrogen-bond donors (Lipinski definition) is 3. The Morgan fingerprint density at radius 2 is 1.70 bits per heavy atom. The maximum atomic E-state index is 13.3. The van der Waals surface area contributed by atoms with Gasteiger partial charge in [-0.15, -0.1) is 11.8 Å². The number of nitrogens with one attached hydrogen (secondary N) is 3. The average Bonchev–Trinajstić information content (AvgIpc) is 3.43. The van der Waals surface area contributed by atoms with Gasteiger partial charge in [0.25, 0.3) is 11.8 Å². The molecule has 44 heavy (non-hydrogen) atoms. The van der Waals surface area contributed by atoms with Crippen molar-refractivity contribution in [1.82, 2.24) is 10.3 Å². The largest absolute Gasteiger partial charge is 0.497 e. The van der Waals surface area contributed by atoms with Gasteiger partial charge in [0.1, 0.15) is 11.4 Å². The Hall–Kier alpha value is -4.45.